The molecule has 0 radical (unpaired) electrons. The van der Waals surface area contributed by atoms with Crippen LogP contribution in [-0.2, 0) is 0 Å². The molecule has 4 heteroatoms. The zero-order valence-electron chi connectivity index (χ0n) is 18.1. The van der Waals surface area contributed by atoms with Crippen molar-refractivity contribution < 1.29 is 9.59 Å². The van der Waals surface area contributed by atoms with Crippen molar-refractivity contribution in [1.29, 1.82) is 0 Å². The fourth-order valence-corrected chi connectivity index (χ4v) is 6.54. The maximum absolute atomic E-state index is 13.3. The Hall–Kier alpha value is -3.98. The second-order valence-electron chi connectivity index (χ2n) is 8.11. The van der Waals surface area contributed by atoms with Gasteiger partial charge in [-0.3, -0.25) is 0 Å². The molecule has 0 N–H and O–H groups in total. The van der Waals surface area contributed by atoms with E-state index in [1.807, 2.05) is 72.8 Å². The quantitative estimate of drug-likeness (QED) is 0.153. The molecular formula is C30H19NO2Se. The van der Waals surface area contributed by atoms with Crippen molar-refractivity contribution in [3.8, 4) is 0 Å². The molecule has 0 atom stereocenters. The van der Waals surface area contributed by atoms with Gasteiger partial charge in [-0.15, -0.1) is 0 Å². The zero-order chi connectivity index (χ0) is 23.1. The molecular weight excluding hydrogens is 485 g/mol. The third kappa shape index (κ3) is 3.45. The number of para-hydroxylation sites is 2. The number of ketones is 2. The Morgan fingerprint density at radius 1 is 0.618 bits per heavy atom. The van der Waals surface area contributed by atoms with E-state index >= 15 is 0 Å². The molecule has 1 heterocycles. The normalized spacial score (nSPS) is 14.1. The molecule has 34 heavy (non-hydrogen) atoms. The number of Topliss-reactive ketones (excluding diaryl/α,β-unsaturated/α-hetero) is 2. The van der Waals surface area contributed by atoms with Gasteiger partial charge in [0.25, 0.3) is 0 Å². The Balaban J connectivity index is 1.41. The van der Waals surface area contributed by atoms with Gasteiger partial charge in [0.2, 0.25) is 0 Å². The summed E-state index contributed by atoms with van der Waals surface area (Å²) in [4.78, 5) is 28.7. The molecule has 1 aromatic heterocycles. The number of carbonyl (C=O) groups is 2. The van der Waals surface area contributed by atoms with Crippen molar-refractivity contribution in [3.05, 3.63) is 130 Å². The van der Waals surface area contributed by atoms with E-state index in [4.69, 9.17) is 0 Å². The van der Waals surface area contributed by atoms with Crippen LogP contribution in [0.2, 0.25) is 0 Å². The molecule has 0 amide bonds. The van der Waals surface area contributed by atoms with E-state index in [0.717, 1.165) is 31.1 Å². The monoisotopic (exact) mass is 505 g/mol. The van der Waals surface area contributed by atoms with Crippen LogP contribution in [0.15, 0.2) is 115 Å². The predicted molar refractivity (Wildman–Crippen MR) is 139 cm³/mol. The Kier molecular flexibility index (Phi) is 5.10. The summed E-state index contributed by atoms with van der Waals surface area (Å²) < 4.78 is 2.16. The second kappa shape index (κ2) is 8.42. The van der Waals surface area contributed by atoms with E-state index in [1.54, 1.807) is 12.1 Å². The van der Waals surface area contributed by atoms with Crippen molar-refractivity contribution in [2.24, 2.45) is 0 Å². The average Bonchev–Trinajstić information content (AvgIpc) is 3.44. The number of benzene rings is 4. The first-order valence-corrected chi connectivity index (χ1v) is 12.7. The van der Waals surface area contributed by atoms with Gasteiger partial charge in [-0.05, 0) is 0 Å². The standard InChI is InChI=1S/C30H19NO2Se/c32-29-25-17-15-20-9-7-8-14-24(20)28(25)30(33)26(29)19-23-16-18-27(34-23)31(21-10-3-1-4-11-21)22-12-5-2-6-13-22/h1-19H/b26-19+. The topological polar surface area (TPSA) is 37.4 Å². The fourth-order valence-electron chi connectivity index (χ4n) is 4.46. The minimum absolute atomic E-state index is 0.0594. The Bertz CT molecular complexity index is 1540. The van der Waals surface area contributed by atoms with Crippen molar-refractivity contribution in [3.63, 3.8) is 0 Å². The van der Waals surface area contributed by atoms with Gasteiger partial charge in [0.05, 0.1) is 0 Å². The third-order valence-corrected chi connectivity index (χ3v) is 8.17. The van der Waals surface area contributed by atoms with Crippen LogP contribution in [0.25, 0.3) is 16.8 Å². The van der Waals surface area contributed by atoms with E-state index in [1.165, 1.54) is 0 Å². The molecule has 0 bridgehead atoms. The zero-order valence-corrected chi connectivity index (χ0v) is 19.9. The molecule has 6 rings (SSSR count). The Morgan fingerprint density at radius 3 is 1.97 bits per heavy atom. The summed E-state index contributed by atoms with van der Waals surface area (Å²) in [6, 6.07) is 36.0. The first-order valence-electron chi connectivity index (χ1n) is 11.0. The summed E-state index contributed by atoms with van der Waals surface area (Å²) >= 11 is -0.0594. The van der Waals surface area contributed by atoms with E-state index in [0.29, 0.717) is 11.1 Å². The van der Waals surface area contributed by atoms with E-state index < -0.39 is 0 Å². The van der Waals surface area contributed by atoms with Crippen LogP contribution in [-0.4, -0.2) is 26.1 Å². The molecule has 0 saturated heterocycles. The van der Waals surface area contributed by atoms with Crippen molar-refractivity contribution in [2.75, 3.05) is 4.90 Å². The average molecular weight is 504 g/mol. The van der Waals surface area contributed by atoms with E-state index in [9.17, 15) is 9.59 Å². The van der Waals surface area contributed by atoms with Gasteiger partial charge in [-0.25, -0.2) is 0 Å². The number of rotatable bonds is 4. The van der Waals surface area contributed by atoms with Gasteiger partial charge < -0.3 is 0 Å². The van der Waals surface area contributed by atoms with Gasteiger partial charge >= 0.3 is 204 Å². The summed E-state index contributed by atoms with van der Waals surface area (Å²) in [5.74, 6) is -0.358. The van der Waals surface area contributed by atoms with Crippen LogP contribution in [0.5, 0.6) is 0 Å². The van der Waals surface area contributed by atoms with E-state index in [2.05, 4.69) is 35.2 Å². The molecule has 0 saturated carbocycles. The number of hydrogen-bond acceptors (Lipinski definition) is 3. The van der Waals surface area contributed by atoms with Crippen molar-refractivity contribution in [1.82, 2.24) is 0 Å². The van der Waals surface area contributed by atoms with Crippen LogP contribution in [0, 0.1) is 0 Å². The molecule has 0 spiro atoms. The molecule has 5 aromatic rings. The number of fused-ring (bicyclic) bond motifs is 3. The molecule has 0 unspecified atom stereocenters. The first-order chi connectivity index (χ1) is 16.7. The summed E-state index contributed by atoms with van der Waals surface area (Å²) in [7, 11) is 0. The fraction of sp³-hybridized carbons (Fsp3) is 0. The summed E-state index contributed by atoms with van der Waals surface area (Å²) in [6.07, 6.45) is 1.80. The second-order valence-corrected chi connectivity index (χ2v) is 10.4. The molecule has 4 aromatic carbocycles. The Morgan fingerprint density at radius 2 is 1.26 bits per heavy atom. The van der Waals surface area contributed by atoms with Crippen molar-refractivity contribution in [2.45, 2.75) is 0 Å². The van der Waals surface area contributed by atoms with Gasteiger partial charge in [0.1, 0.15) is 0 Å². The van der Waals surface area contributed by atoms with Crippen LogP contribution in [0.3, 0.4) is 0 Å². The van der Waals surface area contributed by atoms with Gasteiger partial charge in [0, 0.05) is 0 Å². The first kappa shape index (κ1) is 20.6. The molecule has 1 aliphatic carbocycles. The summed E-state index contributed by atoms with van der Waals surface area (Å²) in [5, 5.41) is 1.81. The summed E-state index contributed by atoms with van der Waals surface area (Å²) in [5.41, 5.74) is 3.46. The molecule has 1 aliphatic rings. The van der Waals surface area contributed by atoms with Crippen molar-refractivity contribution >= 4 is 58.9 Å². The maximum atomic E-state index is 13.3. The van der Waals surface area contributed by atoms with Gasteiger partial charge in [0.15, 0.2) is 0 Å². The number of anilines is 3. The van der Waals surface area contributed by atoms with Crippen LogP contribution >= 0.6 is 0 Å². The molecule has 3 nitrogen and oxygen atoms in total. The molecule has 0 fully saturated rings. The van der Waals surface area contributed by atoms with Gasteiger partial charge in [-0.2, -0.15) is 0 Å². The molecule has 0 aliphatic heterocycles. The van der Waals surface area contributed by atoms with Crippen LogP contribution in [0.1, 0.15) is 25.2 Å². The number of carbonyl (C=O) groups excluding carboxylic acids is 2. The minimum atomic E-state index is -0.182. The Labute approximate surface area is 203 Å². The predicted octanol–water partition coefficient (Wildman–Crippen LogP) is 6.83. The number of allylic oxidation sites excluding steroid dienone is 1. The van der Waals surface area contributed by atoms with Crippen LogP contribution < -0.4 is 4.90 Å². The third-order valence-electron chi connectivity index (χ3n) is 6.04. The van der Waals surface area contributed by atoms with E-state index in [-0.39, 0.29) is 31.6 Å². The summed E-state index contributed by atoms with van der Waals surface area (Å²) in [6.45, 7) is 0. The molecule has 162 valence electrons. The number of hydrogen-bond donors (Lipinski definition) is 0. The van der Waals surface area contributed by atoms with Gasteiger partial charge in [-0.1, -0.05) is 0 Å². The number of nitrogens with zero attached hydrogens (tertiary/aromatic N) is 1. The van der Waals surface area contributed by atoms with Crippen LogP contribution in [0.4, 0.5) is 15.9 Å². The SMILES string of the molecule is O=C1/C(=C\c2ccc(N(c3ccccc3)c3ccccc3)[se]2)C(=O)c2c1ccc1ccccc21.